The Morgan fingerprint density at radius 1 is 1.52 bits per heavy atom. The van der Waals surface area contributed by atoms with E-state index in [9.17, 15) is 9.90 Å². The van der Waals surface area contributed by atoms with Gasteiger partial charge in [0.2, 0.25) is 0 Å². The Hall–Kier alpha value is -1.59. The maximum absolute atomic E-state index is 12.2. The molecule has 0 radical (unpaired) electrons. The van der Waals surface area contributed by atoms with Gasteiger partial charge in [-0.05, 0) is 31.5 Å². The molecule has 1 aliphatic heterocycles. The molecule has 0 saturated heterocycles. The van der Waals surface area contributed by atoms with E-state index in [0.717, 1.165) is 17.7 Å². The zero-order valence-corrected chi connectivity index (χ0v) is 12.8. The SMILES string of the molecule is CC[C@@](C)(CNC(=O)c1ccc2c(c1)COCO2)[C@@H](C)O. The molecular formula is C16H23NO4. The Bertz CT molecular complexity index is 515. The van der Waals surface area contributed by atoms with Crippen molar-refractivity contribution in [3.63, 3.8) is 0 Å². The van der Waals surface area contributed by atoms with Crippen LogP contribution >= 0.6 is 0 Å². The highest BCUT2D eigenvalue weighted by Gasteiger charge is 2.28. The van der Waals surface area contributed by atoms with E-state index < -0.39 is 6.10 Å². The number of ether oxygens (including phenoxy) is 2. The molecule has 0 spiro atoms. The van der Waals surface area contributed by atoms with Crippen molar-refractivity contribution in [2.24, 2.45) is 5.41 Å². The van der Waals surface area contributed by atoms with Crippen molar-refractivity contribution in [1.29, 1.82) is 0 Å². The highest BCUT2D eigenvalue weighted by molar-refractivity contribution is 5.94. The summed E-state index contributed by atoms with van der Waals surface area (Å²) >= 11 is 0. The lowest BCUT2D eigenvalue weighted by Crippen LogP contribution is -2.41. The van der Waals surface area contributed by atoms with Crippen LogP contribution in [0.25, 0.3) is 0 Å². The van der Waals surface area contributed by atoms with Crippen LogP contribution in [0.1, 0.15) is 43.1 Å². The van der Waals surface area contributed by atoms with E-state index in [1.807, 2.05) is 13.8 Å². The molecule has 1 heterocycles. The molecule has 1 amide bonds. The molecule has 1 aliphatic rings. The molecule has 5 heteroatoms. The van der Waals surface area contributed by atoms with Crippen molar-refractivity contribution in [1.82, 2.24) is 5.32 Å². The number of amides is 1. The average molecular weight is 293 g/mol. The number of fused-ring (bicyclic) bond motifs is 1. The number of nitrogens with one attached hydrogen (secondary N) is 1. The van der Waals surface area contributed by atoms with Gasteiger partial charge in [-0.1, -0.05) is 13.8 Å². The number of carbonyl (C=O) groups excluding carboxylic acids is 1. The van der Waals surface area contributed by atoms with Gasteiger partial charge in [-0.15, -0.1) is 0 Å². The Kier molecular flexibility index (Phi) is 4.85. The number of carbonyl (C=O) groups is 1. The molecule has 1 aromatic carbocycles. The summed E-state index contributed by atoms with van der Waals surface area (Å²) in [5.41, 5.74) is 1.13. The van der Waals surface area contributed by atoms with Gasteiger partial charge in [0, 0.05) is 23.1 Å². The Morgan fingerprint density at radius 3 is 2.95 bits per heavy atom. The molecule has 0 aromatic heterocycles. The Morgan fingerprint density at radius 2 is 2.29 bits per heavy atom. The van der Waals surface area contributed by atoms with Gasteiger partial charge in [-0.3, -0.25) is 4.79 Å². The lowest BCUT2D eigenvalue weighted by atomic mass is 9.82. The first kappa shape index (κ1) is 15.8. The van der Waals surface area contributed by atoms with Gasteiger partial charge in [0.05, 0.1) is 12.7 Å². The largest absolute Gasteiger partial charge is 0.467 e. The van der Waals surface area contributed by atoms with Crippen LogP contribution in [0.5, 0.6) is 5.75 Å². The summed E-state index contributed by atoms with van der Waals surface area (Å²) in [6.07, 6.45) is 0.310. The number of aliphatic hydroxyl groups is 1. The third kappa shape index (κ3) is 3.54. The van der Waals surface area contributed by atoms with Gasteiger partial charge >= 0.3 is 0 Å². The van der Waals surface area contributed by atoms with Crippen LogP contribution in [0, 0.1) is 5.41 Å². The smallest absolute Gasteiger partial charge is 0.251 e. The first-order valence-electron chi connectivity index (χ1n) is 7.26. The number of benzene rings is 1. The molecule has 2 N–H and O–H groups in total. The predicted octanol–water partition coefficient (Wildman–Crippen LogP) is 2.08. The van der Waals surface area contributed by atoms with Crippen LogP contribution in [0.15, 0.2) is 18.2 Å². The molecule has 0 fully saturated rings. The lowest BCUT2D eigenvalue weighted by Gasteiger charge is -2.31. The fourth-order valence-electron chi connectivity index (χ4n) is 2.18. The van der Waals surface area contributed by atoms with Crippen LogP contribution in [0.4, 0.5) is 0 Å². The fourth-order valence-corrected chi connectivity index (χ4v) is 2.18. The molecule has 1 aromatic rings. The zero-order valence-electron chi connectivity index (χ0n) is 12.8. The van der Waals surface area contributed by atoms with E-state index in [4.69, 9.17) is 9.47 Å². The van der Waals surface area contributed by atoms with E-state index in [1.165, 1.54) is 0 Å². The number of rotatable bonds is 5. The first-order valence-corrected chi connectivity index (χ1v) is 7.26. The van der Waals surface area contributed by atoms with Crippen molar-refractivity contribution >= 4 is 5.91 Å². The van der Waals surface area contributed by atoms with Gasteiger partial charge in [0.1, 0.15) is 5.75 Å². The normalized spacial score (nSPS) is 18.1. The molecule has 2 atom stereocenters. The Labute approximate surface area is 125 Å². The summed E-state index contributed by atoms with van der Waals surface area (Å²) in [6.45, 7) is 6.87. The average Bonchev–Trinajstić information content (AvgIpc) is 2.51. The third-order valence-corrected chi connectivity index (χ3v) is 4.35. The van der Waals surface area contributed by atoms with Gasteiger partial charge in [0.25, 0.3) is 5.91 Å². The lowest BCUT2D eigenvalue weighted by molar-refractivity contribution is -0.0163. The van der Waals surface area contributed by atoms with E-state index >= 15 is 0 Å². The minimum atomic E-state index is -0.479. The van der Waals surface area contributed by atoms with E-state index in [0.29, 0.717) is 18.7 Å². The van der Waals surface area contributed by atoms with Crippen molar-refractivity contribution in [2.75, 3.05) is 13.3 Å². The Balaban J connectivity index is 2.04. The van der Waals surface area contributed by atoms with Gasteiger partial charge < -0.3 is 19.9 Å². The maximum Gasteiger partial charge on any atom is 0.251 e. The molecular weight excluding hydrogens is 270 g/mol. The summed E-state index contributed by atoms with van der Waals surface area (Å²) in [5, 5.41) is 12.7. The van der Waals surface area contributed by atoms with Crippen LogP contribution in [-0.4, -0.2) is 30.5 Å². The number of hydrogen-bond donors (Lipinski definition) is 2. The second-order valence-corrected chi connectivity index (χ2v) is 5.80. The van der Waals surface area contributed by atoms with E-state index in [-0.39, 0.29) is 18.1 Å². The molecule has 2 rings (SSSR count). The summed E-state index contributed by atoms with van der Waals surface area (Å²) in [7, 11) is 0. The van der Waals surface area contributed by atoms with E-state index in [1.54, 1.807) is 25.1 Å². The molecule has 0 saturated carbocycles. The molecule has 0 aliphatic carbocycles. The fraction of sp³-hybridized carbons (Fsp3) is 0.562. The topological polar surface area (TPSA) is 67.8 Å². The highest BCUT2D eigenvalue weighted by Crippen LogP contribution is 2.26. The summed E-state index contributed by atoms with van der Waals surface area (Å²) < 4.78 is 10.5. The molecule has 5 nitrogen and oxygen atoms in total. The van der Waals surface area contributed by atoms with Crippen molar-refractivity contribution < 1.29 is 19.4 Å². The van der Waals surface area contributed by atoms with E-state index in [2.05, 4.69) is 5.32 Å². The minimum absolute atomic E-state index is 0.149. The van der Waals surface area contributed by atoms with Gasteiger partial charge in [-0.2, -0.15) is 0 Å². The van der Waals surface area contributed by atoms with Crippen LogP contribution < -0.4 is 10.1 Å². The minimum Gasteiger partial charge on any atom is -0.467 e. The van der Waals surface area contributed by atoms with Crippen molar-refractivity contribution in [3.05, 3.63) is 29.3 Å². The second kappa shape index (κ2) is 6.45. The standard InChI is InChI=1S/C16H23NO4/c1-4-16(3,11(2)18)9-17-15(19)12-5-6-14-13(7-12)8-20-10-21-14/h5-7,11,18H,4,8-10H2,1-3H3,(H,17,19)/t11-,16+/m1/s1. The van der Waals surface area contributed by atoms with Crippen LogP contribution in [-0.2, 0) is 11.3 Å². The van der Waals surface area contributed by atoms with Crippen LogP contribution in [0.3, 0.4) is 0 Å². The van der Waals surface area contributed by atoms with Crippen LogP contribution in [0.2, 0.25) is 0 Å². The zero-order chi connectivity index (χ0) is 15.5. The maximum atomic E-state index is 12.2. The summed E-state index contributed by atoms with van der Waals surface area (Å²) in [4.78, 5) is 12.2. The number of aliphatic hydroxyl groups excluding tert-OH is 1. The van der Waals surface area contributed by atoms with Crippen molar-refractivity contribution in [3.8, 4) is 5.75 Å². The van der Waals surface area contributed by atoms with Crippen molar-refractivity contribution in [2.45, 2.75) is 39.9 Å². The molecule has 0 bridgehead atoms. The quantitative estimate of drug-likeness (QED) is 0.872. The summed E-state index contributed by atoms with van der Waals surface area (Å²) in [6, 6.07) is 5.32. The number of hydrogen-bond acceptors (Lipinski definition) is 4. The molecule has 116 valence electrons. The highest BCUT2D eigenvalue weighted by atomic mass is 16.7. The molecule has 0 unspecified atom stereocenters. The second-order valence-electron chi connectivity index (χ2n) is 5.80. The first-order chi connectivity index (χ1) is 9.96. The third-order valence-electron chi connectivity index (χ3n) is 4.35. The van der Waals surface area contributed by atoms with Gasteiger partial charge in [0.15, 0.2) is 6.79 Å². The molecule has 21 heavy (non-hydrogen) atoms. The van der Waals surface area contributed by atoms with Gasteiger partial charge in [-0.25, -0.2) is 0 Å². The monoisotopic (exact) mass is 293 g/mol. The summed E-state index contributed by atoms with van der Waals surface area (Å²) in [5.74, 6) is 0.615. The predicted molar refractivity (Wildman–Crippen MR) is 79.1 cm³/mol.